The number of aryl methyl sites for hydroxylation is 1. The molecule has 1 N–H and O–H groups in total. The Hall–Kier alpha value is -2.36. The number of hydrogen-bond donors (Lipinski definition) is 1. The monoisotopic (exact) mass is 464 g/mol. The van der Waals surface area contributed by atoms with Gasteiger partial charge >= 0.3 is 5.97 Å². The van der Waals surface area contributed by atoms with Crippen LogP contribution < -0.4 is 5.32 Å². The molecule has 0 aliphatic carbocycles. The van der Waals surface area contributed by atoms with Gasteiger partial charge in [0.05, 0.1) is 18.4 Å². The van der Waals surface area contributed by atoms with Gasteiger partial charge < -0.3 is 14.6 Å². The van der Waals surface area contributed by atoms with E-state index in [4.69, 9.17) is 16.3 Å². The van der Waals surface area contributed by atoms with Crippen LogP contribution in [0.2, 0.25) is 5.02 Å². The Morgan fingerprint density at radius 3 is 2.60 bits per heavy atom. The standard InChI is InChI=1S/C20H21ClN4O3S2/c1-5-14-11(2)30-18(16(14)19(27)28-4)22-15(26)10-29-20-24-23-17(25(20)3)12-6-8-13(21)9-7-12/h6-9H,5,10H2,1-4H3,(H,22,26). The van der Waals surface area contributed by atoms with Crippen LogP contribution in [0.4, 0.5) is 5.00 Å². The molecule has 0 saturated carbocycles. The molecule has 158 valence electrons. The van der Waals surface area contributed by atoms with Crippen molar-refractivity contribution in [3.63, 3.8) is 0 Å². The average molecular weight is 465 g/mol. The molecule has 1 amide bonds. The van der Waals surface area contributed by atoms with Gasteiger partial charge in [0.2, 0.25) is 5.91 Å². The van der Waals surface area contributed by atoms with E-state index in [-0.39, 0.29) is 11.7 Å². The summed E-state index contributed by atoms with van der Waals surface area (Å²) in [5, 5.41) is 13.0. The highest BCUT2D eigenvalue weighted by atomic mass is 35.5. The molecule has 2 heterocycles. The minimum absolute atomic E-state index is 0.131. The molecule has 0 saturated heterocycles. The van der Waals surface area contributed by atoms with Crippen LogP contribution in [0.5, 0.6) is 0 Å². The van der Waals surface area contributed by atoms with E-state index in [1.165, 1.54) is 30.2 Å². The first kappa shape index (κ1) is 22.3. The number of carbonyl (C=O) groups is 2. The topological polar surface area (TPSA) is 86.1 Å². The fraction of sp³-hybridized carbons (Fsp3) is 0.300. The van der Waals surface area contributed by atoms with Gasteiger partial charge in [0, 0.05) is 22.5 Å². The molecule has 0 fully saturated rings. The van der Waals surface area contributed by atoms with Gasteiger partial charge in [-0.05, 0) is 43.2 Å². The predicted molar refractivity (Wildman–Crippen MR) is 121 cm³/mol. The van der Waals surface area contributed by atoms with E-state index < -0.39 is 5.97 Å². The number of rotatable bonds is 7. The number of methoxy groups -OCH3 is 1. The maximum atomic E-state index is 12.5. The lowest BCUT2D eigenvalue weighted by atomic mass is 10.1. The van der Waals surface area contributed by atoms with Crippen LogP contribution in [0.3, 0.4) is 0 Å². The van der Waals surface area contributed by atoms with Crippen LogP contribution in [0.1, 0.15) is 27.7 Å². The molecule has 0 aliphatic rings. The van der Waals surface area contributed by atoms with Crippen LogP contribution in [0, 0.1) is 6.92 Å². The van der Waals surface area contributed by atoms with Crippen LogP contribution in [0.15, 0.2) is 29.4 Å². The van der Waals surface area contributed by atoms with Gasteiger partial charge in [-0.2, -0.15) is 0 Å². The summed E-state index contributed by atoms with van der Waals surface area (Å²) >= 11 is 8.58. The smallest absolute Gasteiger partial charge is 0.341 e. The normalized spacial score (nSPS) is 10.8. The second-order valence-electron chi connectivity index (χ2n) is 6.40. The Labute approximate surface area is 187 Å². The summed E-state index contributed by atoms with van der Waals surface area (Å²) in [7, 11) is 3.18. The van der Waals surface area contributed by atoms with E-state index in [9.17, 15) is 9.59 Å². The molecule has 0 bridgehead atoms. The first-order chi connectivity index (χ1) is 14.3. The number of thiophene rings is 1. The van der Waals surface area contributed by atoms with Crippen molar-refractivity contribution in [2.24, 2.45) is 7.05 Å². The van der Waals surface area contributed by atoms with Gasteiger partial charge in [0.25, 0.3) is 0 Å². The van der Waals surface area contributed by atoms with Crippen LogP contribution in [-0.4, -0.2) is 39.5 Å². The van der Waals surface area contributed by atoms with E-state index >= 15 is 0 Å². The van der Waals surface area contributed by atoms with E-state index in [0.717, 1.165) is 16.0 Å². The summed E-state index contributed by atoms with van der Waals surface area (Å²) in [6.45, 7) is 3.90. The number of nitrogens with one attached hydrogen (secondary N) is 1. The fourth-order valence-corrected chi connectivity index (χ4v) is 4.98. The summed E-state index contributed by atoms with van der Waals surface area (Å²) in [5.74, 6) is 0.139. The van der Waals surface area contributed by atoms with Gasteiger partial charge in [-0.1, -0.05) is 30.3 Å². The average Bonchev–Trinajstić information content (AvgIpc) is 3.25. The minimum atomic E-state index is -0.444. The molecule has 0 unspecified atom stereocenters. The molecule has 2 aromatic heterocycles. The van der Waals surface area contributed by atoms with Gasteiger partial charge in [-0.15, -0.1) is 21.5 Å². The first-order valence-corrected chi connectivity index (χ1v) is 11.3. The number of aromatic nitrogens is 3. The number of thioether (sulfide) groups is 1. The molecular formula is C20H21ClN4O3S2. The van der Waals surface area contributed by atoms with Crippen molar-refractivity contribution in [1.29, 1.82) is 0 Å². The molecule has 0 radical (unpaired) electrons. The Balaban J connectivity index is 1.70. The maximum absolute atomic E-state index is 12.5. The van der Waals surface area contributed by atoms with E-state index in [1.807, 2.05) is 37.6 Å². The predicted octanol–water partition coefficient (Wildman–Crippen LogP) is 4.59. The summed E-state index contributed by atoms with van der Waals surface area (Å²) in [6, 6.07) is 7.31. The fourth-order valence-electron chi connectivity index (χ4n) is 2.99. The number of ether oxygens (including phenoxy) is 1. The Morgan fingerprint density at radius 1 is 1.27 bits per heavy atom. The lowest BCUT2D eigenvalue weighted by Crippen LogP contribution is -2.16. The lowest BCUT2D eigenvalue weighted by Gasteiger charge is -2.07. The number of amides is 1. The number of halogens is 1. The molecule has 7 nitrogen and oxygen atoms in total. The van der Waals surface area contributed by atoms with Crippen molar-refractivity contribution in [1.82, 2.24) is 14.8 Å². The van der Waals surface area contributed by atoms with Crippen molar-refractivity contribution in [2.75, 3.05) is 18.2 Å². The molecule has 10 heteroatoms. The summed E-state index contributed by atoms with van der Waals surface area (Å²) in [6.07, 6.45) is 0.684. The third-order valence-corrected chi connectivity index (χ3v) is 6.81. The SMILES string of the molecule is CCc1c(C)sc(NC(=O)CSc2nnc(-c3ccc(Cl)cc3)n2C)c1C(=O)OC. The van der Waals surface area contributed by atoms with E-state index in [1.54, 1.807) is 12.1 Å². The van der Waals surface area contributed by atoms with Crippen LogP contribution >= 0.6 is 34.7 Å². The van der Waals surface area contributed by atoms with Crippen molar-refractivity contribution in [3.8, 4) is 11.4 Å². The van der Waals surface area contributed by atoms with Crippen LogP contribution in [-0.2, 0) is 23.0 Å². The zero-order valence-corrected chi connectivity index (χ0v) is 19.4. The van der Waals surface area contributed by atoms with Gasteiger partial charge in [0.1, 0.15) is 5.00 Å². The molecule has 0 atom stereocenters. The van der Waals surface area contributed by atoms with Crippen molar-refractivity contribution < 1.29 is 14.3 Å². The van der Waals surface area contributed by atoms with Crippen molar-refractivity contribution in [3.05, 3.63) is 45.3 Å². The molecule has 0 spiro atoms. The Kier molecular flexibility index (Phi) is 7.17. The highest BCUT2D eigenvalue weighted by Gasteiger charge is 2.23. The number of benzene rings is 1. The minimum Gasteiger partial charge on any atom is -0.465 e. The zero-order valence-electron chi connectivity index (χ0n) is 17.0. The van der Waals surface area contributed by atoms with Gasteiger partial charge in [-0.25, -0.2) is 4.79 Å². The highest BCUT2D eigenvalue weighted by molar-refractivity contribution is 7.99. The lowest BCUT2D eigenvalue weighted by molar-refractivity contribution is -0.113. The number of esters is 1. The summed E-state index contributed by atoms with van der Waals surface area (Å²) < 4.78 is 6.72. The number of nitrogens with zero attached hydrogens (tertiary/aromatic N) is 3. The Morgan fingerprint density at radius 2 is 1.97 bits per heavy atom. The first-order valence-electron chi connectivity index (χ1n) is 9.14. The number of carbonyl (C=O) groups excluding carboxylic acids is 2. The number of hydrogen-bond acceptors (Lipinski definition) is 7. The zero-order chi connectivity index (χ0) is 21.8. The van der Waals surface area contributed by atoms with Gasteiger partial charge in [0.15, 0.2) is 11.0 Å². The molecule has 0 aliphatic heterocycles. The maximum Gasteiger partial charge on any atom is 0.341 e. The third kappa shape index (κ3) is 4.69. The summed E-state index contributed by atoms with van der Waals surface area (Å²) in [5.41, 5.74) is 2.22. The Bertz CT molecular complexity index is 1080. The molecule has 30 heavy (non-hydrogen) atoms. The molecule has 1 aromatic carbocycles. The van der Waals surface area contributed by atoms with Crippen molar-refractivity contribution in [2.45, 2.75) is 25.4 Å². The van der Waals surface area contributed by atoms with E-state index in [0.29, 0.717) is 33.0 Å². The second kappa shape index (κ2) is 9.63. The summed E-state index contributed by atoms with van der Waals surface area (Å²) in [4.78, 5) is 25.7. The van der Waals surface area contributed by atoms with E-state index in [2.05, 4.69) is 15.5 Å². The third-order valence-electron chi connectivity index (χ3n) is 4.47. The molecular weight excluding hydrogens is 444 g/mol. The number of anilines is 1. The quantitative estimate of drug-likeness (QED) is 0.406. The highest BCUT2D eigenvalue weighted by Crippen LogP contribution is 2.34. The van der Waals surface area contributed by atoms with Gasteiger partial charge in [-0.3, -0.25) is 4.79 Å². The largest absolute Gasteiger partial charge is 0.465 e. The van der Waals surface area contributed by atoms with Crippen molar-refractivity contribution >= 4 is 51.6 Å². The van der Waals surface area contributed by atoms with Crippen LogP contribution in [0.25, 0.3) is 11.4 Å². The second-order valence-corrected chi connectivity index (χ2v) is 9.00. The molecule has 3 rings (SSSR count). The molecule has 3 aromatic rings.